The molecule has 0 N–H and O–H groups in total. The lowest BCUT2D eigenvalue weighted by molar-refractivity contribution is -0.130. The Kier molecular flexibility index (Phi) is 4.54. The highest BCUT2D eigenvalue weighted by molar-refractivity contribution is 6.57. The van der Waals surface area contributed by atoms with E-state index in [1.165, 1.54) is 12.1 Å². The first-order valence-corrected chi connectivity index (χ1v) is 7.29. The van der Waals surface area contributed by atoms with Gasteiger partial charge in [-0.2, -0.15) is 0 Å². The van der Waals surface area contributed by atoms with Crippen LogP contribution in [0.2, 0.25) is 10.0 Å². The number of rotatable bonds is 4. The number of fused-ring (bicyclic) bond motifs is 1. The molecule has 0 spiro atoms. The van der Waals surface area contributed by atoms with Gasteiger partial charge in [-0.15, -0.1) is 0 Å². The van der Waals surface area contributed by atoms with Crippen LogP contribution < -0.4 is 4.90 Å². The minimum atomic E-state index is -0.777. The summed E-state index contributed by atoms with van der Waals surface area (Å²) in [5.74, 6) is -1.75. The highest BCUT2D eigenvalue weighted by Gasteiger charge is 2.40. The first kappa shape index (κ1) is 15.8. The molecular formula is C14H14Cl2N2O3. The van der Waals surface area contributed by atoms with Crippen molar-refractivity contribution >= 4 is 46.5 Å². The van der Waals surface area contributed by atoms with E-state index in [0.717, 1.165) is 4.90 Å². The number of carbonyl (C=O) groups excluding carboxylic acids is 3. The first-order chi connectivity index (χ1) is 9.92. The zero-order valence-electron chi connectivity index (χ0n) is 11.7. The maximum Gasteiger partial charge on any atom is 0.300 e. The molecule has 0 fully saturated rings. The van der Waals surface area contributed by atoms with E-state index < -0.39 is 11.7 Å². The summed E-state index contributed by atoms with van der Waals surface area (Å²) in [4.78, 5) is 38.9. The van der Waals surface area contributed by atoms with Gasteiger partial charge in [-0.25, -0.2) is 0 Å². The molecule has 1 aliphatic heterocycles. The van der Waals surface area contributed by atoms with Crippen LogP contribution in [0.1, 0.15) is 24.2 Å². The van der Waals surface area contributed by atoms with Crippen LogP contribution in [0.5, 0.6) is 0 Å². The first-order valence-electron chi connectivity index (χ1n) is 6.54. The average Bonchev–Trinajstić information content (AvgIpc) is 2.70. The summed E-state index contributed by atoms with van der Waals surface area (Å²) in [6.07, 6.45) is 0. The molecule has 7 heteroatoms. The average molecular weight is 329 g/mol. The van der Waals surface area contributed by atoms with Gasteiger partial charge >= 0.3 is 0 Å². The predicted octanol–water partition coefficient (Wildman–Crippen LogP) is 2.39. The number of benzene rings is 1. The van der Waals surface area contributed by atoms with Crippen molar-refractivity contribution in [3.63, 3.8) is 0 Å². The second-order valence-corrected chi connectivity index (χ2v) is 5.35. The molecule has 0 unspecified atom stereocenters. The molecule has 1 aromatic carbocycles. The molecule has 0 bridgehead atoms. The number of likely N-dealkylation sites (N-methyl/N-ethyl adjacent to an activating group) is 1. The zero-order valence-corrected chi connectivity index (χ0v) is 13.2. The minimum absolute atomic E-state index is 0.0708. The number of hydrogen-bond acceptors (Lipinski definition) is 3. The third kappa shape index (κ3) is 2.63. The SMILES string of the molecule is CCN(CC)C(=O)CN1C(=O)C(=O)c2c(Cl)ccc(Cl)c21. The van der Waals surface area contributed by atoms with Crippen molar-refractivity contribution < 1.29 is 14.4 Å². The van der Waals surface area contributed by atoms with E-state index in [-0.39, 0.29) is 33.7 Å². The van der Waals surface area contributed by atoms with Gasteiger partial charge in [0.15, 0.2) is 0 Å². The number of anilines is 1. The number of halogens is 2. The zero-order chi connectivity index (χ0) is 15.7. The summed E-state index contributed by atoms with van der Waals surface area (Å²) in [5, 5.41) is 0.381. The topological polar surface area (TPSA) is 57.7 Å². The molecule has 0 atom stereocenters. The van der Waals surface area contributed by atoms with Gasteiger partial charge in [0, 0.05) is 13.1 Å². The summed E-state index contributed by atoms with van der Waals surface area (Å²) in [7, 11) is 0. The summed E-state index contributed by atoms with van der Waals surface area (Å²) in [6.45, 7) is 4.52. The van der Waals surface area contributed by atoms with Crippen molar-refractivity contribution in [2.45, 2.75) is 13.8 Å². The molecule has 2 amide bonds. The second-order valence-electron chi connectivity index (χ2n) is 4.54. The van der Waals surface area contributed by atoms with Crippen LogP contribution in [0.25, 0.3) is 0 Å². The van der Waals surface area contributed by atoms with E-state index in [2.05, 4.69) is 0 Å². The molecule has 21 heavy (non-hydrogen) atoms. The number of hydrogen-bond donors (Lipinski definition) is 0. The van der Waals surface area contributed by atoms with E-state index in [4.69, 9.17) is 23.2 Å². The number of ketones is 1. The number of amides is 2. The molecule has 0 saturated carbocycles. The lowest BCUT2D eigenvalue weighted by Crippen LogP contribution is -2.42. The van der Waals surface area contributed by atoms with Crippen LogP contribution in [0, 0.1) is 0 Å². The van der Waals surface area contributed by atoms with Gasteiger partial charge in [0.1, 0.15) is 6.54 Å². The molecule has 112 valence electrons. The second kappa shape index (κ2) is 6.03. The molecule has 5 nitrogen and oxygen atoms in total. The lowest BCUT2D eigenvalue weighted by atomic mass is 10.1. The highest BCUT2D eigenvalue weighted by Crippen LogP contribution is 2.39. The van der Waals surface area contributed by atoms with E-state index in [1.54, 1.807) is 4.90 Å². The smallest absolute Gasteiger partial charge is 0.300 e. The summed E-state index contributed by atoms with van der Waals surface area (Å²) in [5.41, 5.74) is 0.293. The Labute approximate surface area is 132 Å². The molecule has 2 rings (SSSR count). The van der Waals surface area contributed by atoms with Gasteiger partial charge in [0.2, 0.25) is 5.91 Å². The Bertz CT molecular complexity index is 627. The Morgan fingerprint density at radius 1 is 1.14 bits per heavy atom. The standard InChI is InChI=1S/C14H14Cl2N2O3/c1-3-17(4-2)10(19)7-18-12-9(16)6-5-8(15)11(12)13(20)14(18)21/h5-6H,3-4,7H2,1-2H3. The number of carbonyl (C=O) groups is 3. The maximum atomic E-state index is 12.2. The summed E-state index contributed by atoms with van der Waals surface area (Å²) in [6, 6.07) is 2.97. The van der Waals surface area contributed by atoms with E-state index in [0.29, 0.717) is 13.1 Å². The Balaban J connectivity index is 2.40. The van der Waals surface area contributed by atoms with Crippen LogP contribution in [0.15, 0.2) is 12.1 Å². The number of Topliss-reactive ketones (excluding diaryl/α,β-unsaturated/α-hetero) is 1. The molecule has 0 aromatic heterocycles. The van der Waals surface area contributed by atoms with Crippen molar-refractivity contribution in [1.82, 2.24) is 4.90 Å². The molecular weight excluding hydrogens is 315 g/mol. The van der Waals surface area contributed by atoms with E-state index in [1.807, 2.05) is 13.8 Å². The molecule has 1 aliphatic rings. The fraction of sp³-hybridized carbons (Fsp3) is 0.357. The van der Waals surface area contributed by atoms with Crippen molar-refractivity contribution in [3.05, 3.63) is 27.7 Å². The number of nitrogens with zero attached hydrogens (tertiary/aromatic N) is 2. The summed E-state index contributed by atoms with van der Waals surface area (Å²) >= 11 is 12.0. The minimum Gasteiger partial charge on any atom is -0.342 e. The highest BCUT2D eigenvalue weighted by atomic mass is 35.5. The van der Waals surface area contributed by atoms with Crippen molar-refractivity contribution in [2.24, 2.45) is 0 Å². The van der Waals surface area contributed by atoms with Gasteiger partial charge in [-0.1, -0.05) is 23.2 Å². The van der Waals surface area contributed by atoms with Gasteiger partial charge in [0.05, 0.1) is 21.3 Å². The van der Waals surface area contributed by atoms with Crippen LogP contribution in [0.4, 0.5) is 5.69 Å². The van der Waals surface area contributed by atoms with E-state index in [9.17, 15) is 14.4 Å². The molecule has 0 aliphatic carbocycles. The van der Waals surface area contributed by atoms with Gasteiger partial charge in [0.25, 0.3) is 11.7 Å². The molecule has 0 saturated heterocycles. The monoisotopic (exact) mass is 328 g/mol. The third-order valence-electron chi connectivity index (χ3n) is 3.42. The normalized spacial score (nSPS) is 13.6. The van der Waals surface area contributed by atoms with Crippen LogP contribution in [-0.2, 0) is 9.59 Å². The Morgan fingerprint density at radius 3 is 2.29 bits per heavy atom. The van der Waals surface area contributed by atoms with Crippen LogP contribution >= 0.6 is 23.2 Å². The molecule has 1 heterocycles. The van der Waals surface area contributed by atoms with Gasteiger partial charge in [-0.3, -0.25) is 19.3 Å². The van der Waals surface area contributed by atoms with E-state index >= 15 is 0 Å². The molecule has 0 radical (unpaired) electrons. The Hall–Kier alpha value is -1.59. The van der Waals surface area contributed by atoms with Gasteiger partial charge in [-0.05, 0) is 26.0 Å². The van der Waals surface area contributed by atoms with Crippen molar-refractivity contribution in [2.75, 3.05) is 24.5 Å². The van der Waals surface area contributed by atoms with Crippen molar-refractivity contribution in [3.8, 4) is 0 Å². The van der Waals surface area contributed by atoms with Crippen LogP contribution in [-0.4, -0.2) is 42.1 Å². The Morgan fingerprint density at radius 2 is 1.71 bits per heavy atom. The fourth-order valence-electron chi connectivity index (χ4n) is 2.31. The largest absolute Gasteiger partial charge is 0.342 e. The quantitative estimate of drug-likeness (QED) is 0.797. The predicted molar refractivity (Wildman–Crippen MR) is 81.1 cm³/mol. The van der Waals surface area contributed by atoms with Crippen LogP contribution in [0.3, 0.4) is 0 Å². The fourth-order valence-corrected chi connectivity index (χ4v) is 2.81. The summed E-state index contributed by atoms with van der Waals surface area (Å²) < 4.78 is 0. The third-order valence-corrected chi connectivity index (χ3v) is 4.04. The lowest BCUT2D eigenvalue weighted by Gasteiger charge is -2.23. The van der Waals surface area contributed by atoms with Crippen molar-refractivity contribution in [1.29, 1.82) is 0 Å². The maximum absolute atomic E-state index is 12.2. The van der Waals surface area contributed by atoms with Gasteiger partial charge < -0.3 is 4.90 Å². The molecule has 1 aromatic rings.